The molecule has 0 bridgehead atoms. The van der Waals surface area contributed by atoms with Crippen LogP contribution in [0.4, 0.5) is 0 Å². The van der Waals surface area contributed by atoms with Gasteiger partial charge in [-0.25, -0.2) is 37.3 Å². The molecule has 0 aromatic carbocycles. The molecule has 44 heavy (non-hydrogen) atoms. The molecule has 4 rings (SSSR count). The van der Waals surface area contributed by atoms with E-state index in [1.54, 1.807) is 0 Å². The average molecular weight is 709 g/mol. The first kappa shape index (κ1) is 40.2. The van der Waals surface area contributed by atoms with Crippen molar-refractivity contribution in [2.45, 2.75) is 57.0 Å². The fourth-order valence-electron chi connectivity index (χ4n) is 4.94. The summed E-state index contributed by atoms with van der Waals surface area (Å²) in [5.74, 6) is 0. The van der Waals surface area contributed by atoms with Crippen molar-refractivity contribution in [1.29, 1.82) is 0 Å². The molecule has 0 saturated heterocycles. The van der Waals surface area contributed by atoms with Crippen LogP contribution in [-0.2, 0) is 39.1 Å². The van der Waals surface area contributed by atoms with Crippen LogP contribution in [0.5, 0.6) is 0 Å². The van der Waals surface area contributed by atoms with Gasteiger partial charge in [-0.2, -0.15) is 0 Å². The Bertz CT molecular complexity index is 1010. The Morgan fingerprint density at radius 2 is 0.750 bits per heavy atom. The van der Waals surface area contributed by atoms with Crippen LogP contribution >= 0.6 is 0 Å². The Balaban J connectivity index is 0.000000765. The van der Waals surface area contributed by atoms with Gasteiger partial charge in [-0.15, -0.1) is 20.5 Å². The number of rotatable bonds is 9. The van der Waals surface area contributed by atoms with Gasteiger partial charge in [0, 0.05) is 56.4 Å². The van der Waals surface area contributed by atoms with Gasteiger partial charge in [-0.3, -0.25) is 29.7 Å². The van der Waals surface area contributed by atoms with Crippen LogP contribution < -0.4 is 37.3 Å². The molecule has 238 valence electrons. The minimum atomic E-state index is -4.94. The van der Waals surface area contributed by atoms with E-state index in [1.807, 2.05) is 36.8 Å². The van der Waals surface area contributed by atoms with Crippen LogP contribution in [0.3, 0.4) is 0 Å². The molecule has 0 amide bonds. The molecule has 3 heterocycles. The second kappa shape index (κ2) is 19.7. The first-order valence-corrected chi connectivity index (χ1v) is 15.6. The maximum absolute atomic E-state index is 8.49. The van der Waals surface area contributed by atoms with E-state index in [0.717, 1.165) is 56.0 Å². The molecule has 0 spiro atoms. The summed E-state index contributed by atoms with van der Waals surface area (Å²) >= 11 is 0. The number of pyridine rings is 3. The molecular weight excluding hydrogens is 673 g/mol. The van der Waals surface area contributed by atoms with Gasteiger partial charge in [0.2, 0.25) is 0 Å². The van der Waals surface area contributed by atoms with Crippen molar-refractivity contribution in [3.63, 3.8) is 0 Å². The third-order valence-corrected chi connectivity index (χ3v) is 6.92. The fraction of sp³-hybridized carbons (Fsp3) is 0.444. The van der Waals surface area contributed by atoms with Crippen LogP contribution in [0.2, 0.25) is 0 Å². The van der Waals surface area contributed by atoms with Crippen LogP contribution in [0.25, 0.3) is 0 Å². The molecule has 1 aliphatic rings. The largest absolute Gasteiger partial charge is 2.00 e. The van der Waals surface area contributed by atoms with Crippen molar-refractivity contribution in [3.05, 3.63) is 90.3 Å². The zero-order valence-electron chi connectivity index (χ0n) is 24.8. The number of halogens is 2. The minimum absolute atomic E-state index is 0. The Kier molecular flexibility index (Phi) is 18.0. The molecular formula is C27H36Cl2N6O8Zn. The van der Waals surface area contributed by atoms with E-state index in [-0.39, 0.29) is 19.5 Å². The standard InChI is InChI=1S/C27H36N6.2ClHO4.Zn/c1-31(19-22-10-4-7-13-28-22)25-16-26(32(2)20-23-11-5-8-14-29-23)18-27(17-25)33(3)21-24-12-6-9-15-30-24;2*2-1(3,4)5;/h4-15,25-27H,16-21H2,1-3H3;2*(H,2,3,4,5);/q;;;+2/p-2. The molecule has 17 heteroatoms. The Labute approximate surface area is 274 Å². The van der Waals surface area contributed by atoms with E-state index in [2.05, 4.69) is 87.2 Å². The summed E-state index contributed by atoms with van der Waals surface area (Å²) in [6.07, 6.45) is 9.12. The topological polar surface area (TPSA) is 233 Å². The van der Waals surface area contributed by atoms with Crippen LogP contribution in [0.15, 0.2) is 73.2 Å². The Hall–Kier alpha value is -1.79. The van der Waals surface area contributed by atoms with Crippen molar-refractivity contribution in [2.24, 2.45) is 0 Å². The Morgan fingerprint density at radius 3 is 0.932 bits per heavy atom. The maximum Gasteiger partial charge on any atom is 2.00 e. The average Bonchev–Trinajstić information content (AvgIpc) is 2.92. The summed E-state index contributed by atoms with van der Waals surface area (Å²) < 4.78 is 67.9. The predicted molar refractivity (Wildman–Crippen MR) is 132 cm³/mol. The molecule has 1 fully saturated rings. The first-order valence-electron chi connectivity index (χ1n) is 13.1. The minimum Gasteiger partial charge on any atom is -0.297 e. The van der Waals surface area contributed by atoms with Crippen molar-refractivity contribution < 1.29 is 77.2 Å². The zero-order valence-corrected chi connectivity index (χ0v) is 29.3. The Morgan fingerprint density at radius 1 is 0.523 bits per heavy atom. The molecule has 3 aromatic heterocycles. The van der Waals surface area contributed by atoms with Gasteiger partial charge >= 0.3 is 19.5 Å². The van der Waals surface area contributed by atoms with Crippen LogP contribution in [-0.4, -0.2) is 68.9 Å². The van der Waals surface area contributed by atoms with Crippen molar-refractivity contribution in [1.82, 2.24) is 29.7 Å². The molecule has 14 nitrogen and oxygen atoms in total. The van der Waals surface area contributed by atoms with E-state index in [1.165, 1.54) is 0 Å². The second-order valence-corrected chi connectivity index (χ2v) is 11.6. The molecule has 1 saturated carbocycles. The quantitative estimate of drug-likeness (QED) is 0.189. The first-order chi connectivity index (χ1) is 20.1. The molecule has 0 unspecified atom stereocenters. The number of hydrogen-bond donors (Lipinski definition) is 0. The van der Waals surface area contributed by atoms with Gasteiger partial charge in [-0.1, -0.05) is 18.2 Å². The zero-order chi connectivity index (χ0) is 32.0. The number of aromatic nitrogens is 3. The van der Waals surface area contributed by atoms with Gasteiger partial charge in [0.05, 0.1) is 17.1 Å². The van der Waals surface area contributed by atoms with Gasteiger partial charge < -0.3 is 0 Å². The molecule has 0 aliphatic heterocycles. The fourth-order valence-corrected chi connectivity index (χ4v) is 4.94. The SMILES string of the molecule is CN(Cc1ccccn1)C1CC(N(C)Cc2ccccn2)CC(N(C)Cc2ccccn2)C1.[O-][Cl+3]([O-])([O-])[O-].[O-][Cl+3]([O-])([O-])[O-].[Zn+2]. The second-order valence-electron chi connectivity index (χ2n) is 10.1. The van der Waals surface area contributed by atoms with E-state index >= 15 is 0 Å². The molecule has 0 atom stereocenters. The number of nitrogens with zero attached hydrogens (tertiary/aromatic N) is 6. The van der Waals surface area contributed by atoms with Gasteiger partial charge in [0.25, 0.3) is 0 Å². The van der Waals surface area contributed by atoms with E-state index in [0.29, 0.717) is 18.1 Å². The third kappa shape index (κ3) is 18.2. The summed E-state index contributed by atoms with van der Waals surface area (Å²) in [6, 6.07) is 20.0. The maximum atomic E-state index is 8.49. The number of hydrogen-bond acceptors (Lipinski definition) is 14. The molecule has 1 aliphatic carbocycles. The predicted octanol–water partition coefficient (Wildman–Crippen LogP) is -5.66. The normalized spacial score (nSPS) is 18.5. The van der Waals surface area contributed by atoms with E-state index in [9.17, 15) is 0 Å². The summed E-state index contributed by atoms with van der Waals surface area (Å²) in [4.78, 5) is 21.1. The molecule has 0 radical (unpaired) electrons. The van der Waals surface area contributed by atoms with Gasteiger partial charge in [-0.05, 0) is 76.8 Å². The van der Waals surface area contributed by atoms with Crippen LogP contribution in [0.1, 0.15) is 36.3 Å². The summed E-state index contributed by atoms with van der Waals surface area (Å²) in [7, 11) is -3.15. The van der Waals surface area contributed by atoms with Gasteiger partial charge in [0.15, 0.2) is 0 Å². The van der Waals surface area contributed by atoms with Gasteiger partial charge in [0.1, 0.15) is 0 Å². The van der Waals surface area contributed by atoms with Crippen LogP contribution in [0, 0.1) is 20.5 Å². The third-order valence-electron chi connectivity index (χ3n) is 6.92. The molecule has 3 aromatic rings. The van der Waals surface area contributed by atoms with Crippen molar-refractivity contribution >= 4 is 0 Å². The smallest absolute Gasteiger partial charge is 0.297 e. The monoisotopic (exact) mass is 706 g/mol. The van der Waals surface area contributed by atoms with Crippen molar-refractivity contribution in [2.75, 3.05) is 21.1 Å². The summed E-state index contributed by atoms with van der Waals surface area (Å²) in [5.41, 5.74) is 3.38. The summed E-state index contributed by atoms with van der Waals surface area (Å²) in [6.45, 7) is 2.62. The molecule has 0 N–H and O–H groups in total. The summed E-state index contributed by atoms with van der Waals surface area (Å²) in [5, 5.41) is 0. The van der Waals surface area contributed by atoms with Crippen molar-refractivity contribution in [3.8, 4) is 0 Å². The van der Waals surface area contributed by atoms with E-state index < -0.39 is 20.5 Å². The van der Waals surface area contributed by atoms with E-state index in [4.69, 9.17) is 37.3 Å².